The first kappa shape index (κ1) is 17.0. The van der Waals surface area contributed by atoms with E-state index in [1.807, 2.05) is 6.92 Å². The molecule has 1 saturated carbocycles. The van der Waals surface area contributed by atoms with Crippen molar-refractivity contribution < 1.29 is 8.42 Å². The third kappa shape index (κ3) is 3.03. The van der Waals surface area contributed by atoms with Gasteiger partial charge in [0.05, 0.1) is 0 Å². The highest BCUT2D eigenvalue weighted by atomic mass is 32.2. The number of rotatable bonds is 3. The van der Waals surface area contributed by atoms with Gasteiger partial charge in [0, 0.05) is 26.3 Å². The maximum Gasteiger partial charge on any atom is 0.330 e. The second-order valence-electron chi connectivity index (χ2n) is 6.25. The molecule has 2 rings (SSSR count). The van der Waals surface area contributed by atoms with E-state index in [0.717, 1.165) is 34.6 Å². The summed E-state index contributed by atoms with van der Waals surface area (Å²) in [5.74, 6) is 0.643. The minimum atomic E-state index is -3.95. The van der Waals surface area contributed by atoms with E-state index in [1.165, 1.54) is 14.1 Å². The summed E-state index contributed by atoms with van der Waals surface area (Å²) in [6.45, 7) is 4.13. The van der Waals surface area contributed by atoms with Gasteiger partial charge in [0.25, 0.3) is 5.56 Å². The normalized spacial score (nSPS) is 26.1. The number of nitrogens with one attached hydrogen (secondary N) is 1. The summed E-state index contributed by atoms with van der Waals surface area (Å²) in [4.78, 5) is 23.4. The molecule has 1 heterocycles. The van der Waals surface area contributed by atoms with E-state index in [2.05, 4.69) is 11.6 Å². The van der Waals surface area contributed by atoms with Crippen LogP contribution >= 0.6 is 0 Å². The van der Waals surface area contributed by atoms with Crippen molar-refractivity contribution >= 4 is 10.0 Å². The van der Waals surface area contributed by atoms with Crippen LogP contribution in [0.4, 0.5) is 0 Å². The van der Waals surface area contributed by atoms with Gasteiger partial charge in [0.1, 0.15) is 0 Å². The fraction of sp³-hybridized carbons (Fsp3) is 0.714. The highest BCUT2D eigenvalue weighted by Crippen LogP contribution is 2.30. The Morgan fingerprint density at radius 1 is 1.18 bits per heavy atom. The minimum Gasteiger partial charge on any atom is -0.302 e. The van der Waals surface area contributed by atoms with Gasteiger partial charge in [-0.1, -0.05) is 26.7 Å². The van der Waals surface area contributed by atoms with Gasteiger partial charge in [-0.2, -0.15) is 0 Å². The maximum absolute atomic E-state index is 12.5. The molecule has 1 aliphatic rings. The average Bonchev–Trinajstić information content (AvgIpc) is 2.45. The zero-order valence-electron chi connectivity index (χ0n) is 13.4. The SMILES string of the molecule is C[C@@H]1[C@H](C)CCC[C@@H]1NS(=O)(=O)c1cn(C)c(=O)n(C)c1=O. The third-order valence-corrected chi connectivity index (χ3v) is 6.19. The number of sulfonamides is 1. The van der Waals surface area contributed by atoms with Crippen molar-refractivity contribution in [2.45, 2.75) is 44.0 Å². The summed E-state index contributed by atoms with van der Waals surface area (Å²) in [7, 11) is -1.26. The van der Waals surface area contributed by atoms with E-state index in [-0.39, 0.29) is 16.9 Å². The predicted octanol–water partition coefficient (Wildman–Crippen LogP) is 0.187. The van der Waals surface area contributed by atoms with Crippen molar-refractivity contribution in [3.63, 3.8) is 0 Å². The van der Waals surface area contributed by atoms with E-state index in [9.17, 15) is 18.0 Å². The molecule has 8 heteroatoms. The quantitative estimate of drug-likeness (QED) is 0.857. The van der Waals surface area contributed by atoms with Crippen molar-refractivity contribution in [3.05, 3.63) is 27.0 Å². The average molecular weight is 329 g/mol. The molecule has 0 spiro atoms. The molecule has 0 amide bonds. The van der Waals surface area contributed by atoms with Crippen LogP contribution in [0.5, 0.6) is 0 Å². The summed E-state index contributed by atoms with van der Waals surface area (Å²) >= 11 is 0. The molecule has 124 valence electrons. The lowest BCUT2D eigenvalue weighted by Crippen LogP contribution is -2.47. The van der Waals surface area contributed by atoms with Crippen molar-refractivity contribution in [1.82, 2.24) is 13.9 Å². The van der Waals surface area contributed by atoms with E-state index in [1.54, 1.807) is 0 Å². The van der Waals surface area contributed by atoms with Crippen LogP contribution in [-0.4, -0.2) is 23.6 Å². The van der Waals surface area contributed by atoms with E-state index in [4.69, 9.17) is 0 Å². The summed E-state index contributed by atoms with van der Waals surface area (Å²) in [5, 5.41) is 0. The molecule has 1 fully saturated rings. The Labute approximate surface area is 130 Å². The Kier molecular flexibility index (Phi) is 4.62. The van der Waals surface area contributed by atoms with Crippen molar-refractivity contribution in [1.29, 1.82) is 0 Å². The molecule has 0 aromatic carbocycles. The van der Waals surface area contributed by atoms with Crippen LogP contribution in [0.2, 0.25) is 0 Å². The lowest BCUT2D eigenvalue weighted by molar-refractivity contribution is 0.227. The van der Waals surface area contributed by atoms with Gasteiger partial charge >= 0.3 is 5.69 Å². The first-order valence-corrected chi connectivity index (χ1v) is 8.92. The Hall–Kier alpha value is -1.41. The second-order valence-corrected chi connectivity index (χ2v) is 7.93. The molecule has 1 N–H and O–H groups in total. The predicted molar refractivity (Wildman–Crippen MR) is 83.2 cm³/mol. The van der Waals surface area contributed by atoms with Gasteiger partial charge in [-0.3, -0.25) is 9.36 Å². The van der Waals surface area contributed by atoms with Crippen molar-refractivity contribution in [2.75, 3.05) is 0 Å². The van der Waals surface area contributed by atoms with E-state index < -0.39 is 21.3 Å². The molecule has 0 radical (unpaired) electrons. The minimum absolute atomic E-state index is 0.185. The number of nitrogens with zero attached hydrogens (tertiary/aromatic N) is 2. The molecular formula is C14H23N3O4S. The molecule has 0 saturated heterocycles. The summed E-state index contributed by atoms with van der Waals surface area (Å²) in [5.41, 5.74) is -1.35. The lowest BCUT2D eigenvalue weighted by atomic mass is 9.78. The van der Waals surface area contributed by atoms with Crippen LogP contribution in [0.25, 0.3) is 0 Å². The summed E-state index contributed by atoms with van der Waals surface area (Å²) in [6, 6.07) is -0.185. The van der Waals surface area contributed by atoms with Gasteiger partial charge in [0.15, 0.2) is 4.90 Å². The molecule has 1 aromatic heterocycles. The molecule has 1 aromatic rings. The van der Waals surface area contributed by atoms with Crippen LogP contribution in [0, 0.1) is 11.8 Å². The van der Waals surface area contributed by atoms with Crippen molar-refractivity contribution in [3.8, 4) is 0 Å². The standard InChI is InChI=1S/C14H23N3O4S/c1-9-6-5-7-11(10(9)2)15-22(20,21)12-8-16(3)14(19)17(4)13(12)18/h8-11,15H,5-7H2,1-4H3/t9-,10-,11+/m1/s1. The summed E-state index contributed by atoms with van der Waals surface area (Å²) < 4.78 is 29.7. The zero-order valence-corrected chi connectivity index (χ0v) is 14.2. The molecule has 0 unspecified atom stereocenters. The largest absolute Gasteiger partial charge is 0.330 e. The van der Waals surface area contributed by atoms with Gasteiger partial charge in [0.2, 0.25) is 10.0 Å². The van der Waals surface area contributed by atoms with E-state index >= 15 is 0 Å². The van der Waals surface area contributed by atoms with Crippen molar-refractivity contribution in [2.24, 2.45) is 25.9 Å². The zero-order chi connectivity index (χ0) is 16.7. The Balaban J connectivity index is 2.40. The maximum atomic E-state index is 12.5. The Morgan fingerprint density at radius 2 is 1.82 bits per heavy atom. The number of hydrogen-bond donors (Lipinski definition) is 1. The number of aryl methyl sites for hydroxylation is 1. The Bertz CT molecular complexity index is 778. The van der Waals surface area contributed by atoms with Crippen LogP contribution in [-0.2, 0) is 24.1 Å². The second kappa shape index (κ2) is 6.00. The lowest BCUT2D eigenvalue weighted by Gasteiger charge is -2.34. The van der Waals surface area contributed by atoms with Crippen LogP contribution < -0.4 is 16.0 Å². The van der Waals surface area contributed by atoms with Gasteiger partial charge in [-0.15, -0.1) is 0 Å². The third-order valence-electron chi connectivity index (χ3n) is 4.72. The van der Waals surface area contributed by atoms with Crippen LogP contribution in [0.1, 0.15) is 33.1 Å². The monoisotopic (exact) mass is 329 g/mol. The number of aromatic nitrogens is 2. The fourth-order valence-electron chi connectivity index (χ4n) is 2.97. The first-order chi connectivity index (χ1) is 10.1. The Morgan fingerprint density at radius 3 is 2.45 bits per heavy atom. The molecular weight excluding hydrogens is 306 g/mol. The number of hydrogen-bond acceptors (Lipinski definition) is 4. The summed E-state index contributed by atoms with van der Waals surface area (Å²) in [6.07, 6.45) is 3.89. The van der Waals surface area contributed by atoms with Crippen LogP contribution in [0.15, 0.2) is 20.7 Å². The molecule has 7 nitrogen and oxygen atoms in total. The first-order valence-electron chi connectivity index (χ1n) is 7.44. The van der Waals surface area contributed by atoms with Gasteiger partial charge in [-0.25, -0.2) is 17.9 Å². The molecule has 1 aliphatic carbocycles. The molecule has 0 aliphatic heterocycles. The van der Waals surface area contributed by atoms with Crippen LogP contribution in [0.3, 0.4) is 0 Å². The molecule has 22 heavy (non-hydrogen) atoms. The topological polar surface area (TPSA) is 90.2 Å². The van der Waals surface area contributed by atoms with E-state index in [0.29, 0.717) is 5.92 Å². The highest BCUT2D eigenvalue weighted by Gasteiger charge is 2.32. The highest BCUT2D eigenvalue weighted by molar-refractivity contribution is 7.89. The van der Waals surface area contributed by atoms with Gasteiger partial charge in [-0.05, 0) is 18.3 Å². The molecule has 3 atom stereocenters. The fourth-order valence-corrected chi connectivity index (χ4v) is 4.49. The van der Waals surface area contributed by atoms with Gasteiger partial charge < -0.3 is 4.57 Å². The molecule has 0 bridgehead atoms. The smallest absolute Gasteiger partial charge is 0.302 e.